The molecule has 2 N–H and O–H groups in total. The summed E-state index contributed by atoms with van der Waals surface area (Å²) in [5.41, 5.74) is -0.691. The van der Waals surface area contributed by atoms with Crippen LogP contribution >= 0.6 is 0 Å². The Morgan fingerprint density at radius 2 is 1.60 bits per heavy atom. The number of esters is 1. The van der Waals surface area contributed by atoms with E-state index in [0.29, 0.717) is 0 Å². The molecule has 7 heteroatoms. The molecule has 0 spiro atoms. The Hall–Kier alpha value is -1.79. The molecule has 0 aromatic rings. The monoisotopic (exact) mass is 289 g/mol. The van der Waals surface area contributed by atoms with Gasteiger partial charge in [0, 0.05) is 0 Å². The van der Waals surface area contributed by atoms with Crippen LogP contribution in [0.25, 0.3) is 0 Å². The molecule has 7 nitrogen and oxygen atoms in total. The fourth-order valence-corrected chi connectivity index (χ4v) is 1.23. The van der Waals surface area contributed by atoms with Crippen LogP contribution in [0.1, 0.15) is 41.5 Å². The number of nitrogens with one attached hydrogen (secondary N) is 1. The third kappa shape index (κ3) is 6.96. The number of hydrogen-bond donors (Lipinski definition) is 2. The van der Waals surface area contributed by atoms with Gasteiger partial charge in [0.2, 0.25) is 0 Å². The maximum absolute atomic E-state index is 11.8. The molecule has 0 aromatic carbocycles. The van der Waals surface area contributed by atoms with E-state index >= 15 is 0 Å². The van der Waals surface area contributed by atoms with Gasteiger partial charge in [-0.05, 0) is 33.6 Å². The molecule has 0 aromatic heterocycles. The zero-order valence-electron chi connectivity index (χ0n) is 12.7. The van der Waals surface area contributed by atoms with Crippen LogP contribution in [0.2, 0.25) is 0 Å². The number of carbonyl (C=O) groups excluding carboxylic acids is 2. The molecule has 2 unspecified atom stereocenters. The highest BCUT2D eigenvalue weighted by Crippen LogP contribution is 2.10. The molecule has 0 saturated carbocycles. The third-order valence-electron chi connectivity index (χ3n) is 2.23. The van der Waals surface area contributed by atoms with E-state index in [4.69, 9.17) is 14.6 Å². The normalized spacial score (nSPS) is 14.3. The second-order valence-electron chi connectivity index (χ2n) is 5.79. The van der Waals surface area contributed by atoms with Crippen molar-refractivity contribution in [3.8, 4) is 0 Å². The van der Waals surface area contributed by atoms with E-state index in [2.05, 4.69) is 5.32 Å². The number of rotatable bonds is 5. The Kier molecular flexibility index (Phi) is 6.48. The lowest BCUT2D eigenvalue weighted by atomic mass is 10.1. The SMILES string of the molecule is CC(OC(=O)C(NC(=O)OC(C)(C)C)C(C)C)C(=O)O. The summed E-state index contributed by atoms with van der Waals surface area (Å²) in [5.74, 6) is -2.32. The van der Waals surface area contributed by atoms with Crippen LogP contribution in [0.15, 0.2) is 0 Å². The fraction of sp³-hybridized carbons (Fsp3) is 0.769. The van der Waals surface area contributed by atoms with E-state index in [9.17, 15) is 14.4 Å². The minimum atomic E-state index is -1.27. The van der Waals surface area contributed by atoms with Gasteiger partial charge in [-0.1, -0.05) is 13.8 Å². The van der Waals surface area contributed by atoms with Crippen molar-refractivity contribution in [3.63, 3.8) is 0 Å². The number of amides is 1. The lowest BCUT2D eigenvalue weighted by molar-refractivity contribution is -0.164. The maximum atomic E-state index is 11.8. The molecular formula is C13H23NO6. The molecular weight excluding hydrogens is 266 g/mol. The topological polar surface area (TPSA) is 102 Å². The maximum Gasteiger partial charge on any atom is 0.408 e. The van der Waals surface area contributed by atoms with Gasteiger partial charge in [0.1, 0.15) is 11.6 Å². The van der Waals surface area contributed by atoms with Gasteiger partial charge in [-0.15, -0.1) is 0 Å². The van der Waals surface area contributed by atoms with Crippen LogP contribution < -0.4 is 5.32 Å². The lowest BCUT2D eigenvalue weighted by Crippen LogP contribution is -2.48. The van der Waals surface area contributed by atoms with Crippen LogP contribution in [0, 0.1) is 5.92 Å². The van der Waals surface area contributed by atoms with Gasteiger partial charge in [0.15, 0.2) is 6.10 Å². The fourth-order valence-electron chi connectivity index (χ4n) is 1.23. The first-order valence-electron chi connectivity index (χ1n) is 6.37. The summed E-state index contributed by atoms with van der Waals surface area (Å²) >= 11 is 0. The predicted molar refractivity (Wildman–Crippen MR) is 71.2 cm³/mol. The van der Waals surface area contributed by atoms with Crippen molar-refractivity contribution < 1.29 is 29.0 Å². The van der Waals surface area contributed by atoms with E-state index in [1.54, 1.807) is 34.6 Å². The lowest BCUT2D eigenvalue weighted by Gasteiger charge is -2.25. The van der Waals surface area contributed by atoms with E-state index in [1.165, 1.54) is 6.92 Å². The van der Waals surface area contributed by atoms with Crippen LogP contribution in [0.4, 0.5) is 4.79 Å². The van der Waals surface area contributed by atoms with Crippen molar-refractivity contribution >= 4 is 18.0 Å². The smallest absolute Gasteiger partial charge is 0.408 e. The summed E-state index contributed by atoms with van der Waals surface area (Å²) in [7, 11) is 0. The quantitative estimate of drug-likeness (QED) is 0.744. The Morgan fingerprint density at radius 3 is 1.95 bits per heavy atom. The standard InChI is InChI=1S/C13H23NO6/c1-7(2)9(11(17)19-8(3)10(15)16)14-12(18)20-13(4,5)6/h7-9H,1-6H3,(H,14,18)(H,15,16). The molecule has 0 heterocycles. The van der Waals surface area contributed by atoms with Gasteiger partial charge < -0.3 is 19.9 Å². The van der Waals surface area contributed by atoms with E-state index in [-0.39, 0.29) is 5.92 Å². The average molecular weight is 289 g/mol. The molecule has 0 aliphatic heterocycles. The summed E-state index contributed by atoms with van der Waals surface area (Å²) in [6.07, 6.45) is -2.03. The van der Waals surface area contributed by atoms with Crippen molar-refractivity contribution in [2.75, 3.05) is 0 Å². The van der Waals surface area contributed by atoms with Crippen LogP contribution in [-0.2, 0) is 19.1 Å². The zero-order valence-corrected chi connectivity index (χ0v) is 12.7. The molecule has 0 saturated heterocycles. The zero-order chi connectivity index (χ0) is 16.1. The first-order chi connectivity index (χ1) is 8.94. The highest BCUT2D eigenvalue weighted by atomic mass is 16.6. The Morgan fingerprint density at radius 1 is 1.10 bits per heavy atom. The minimum Gasteiger partial charge on any atom is -0.479 e. The molecule has 0 fully saturated rings. The average Bonchev–Trinajstić information content (AvgIpc) is 2.22. The van der Waals surface area contributed by atoms with Gasteiger partial charge in [0.05, 0.1) is 0 Å². The van der Waals surface area contributed by atoms with Crippen molar-refractivity contribution in [1.82, 2.24) is 5.32 Å². The molecule has 1 amide bonds. The van der Waals surface area contributed by atoms with Crippen LogP contribution in [0.3, 0.4) is 0 Å². The van der Waals surface area contributed by atoms with Gasteiger partial charge in [-0.3, -0.25) is 0 Å². The van der Waals surface area contributed by atoms with Crippen LogP contribution in [-0.4, -0.2) is 40.9 Å². The molecule has 0 radical (unpaired) electrons. The Balaban J connectivity index is 4.69. The van der Waals surface area contributed by atoms with Crippen molar-refractivity contribution in [2.45, 2.75) is 59.3 Å². The summed E-state index contributed by atoms with van der Waals surface area (Å²) in [4.78, 5) is 34.1. The first-order valence-corrected chi connectivity index (χ1v) is 6.37. The number of carboxylic acids is 1. The minimum absolute atomic E-state index is 0.268. The van der Waals surface area contributed by atoms with Gasteiger partial charge in [0.25, 0.3) is 0 Å². The van der Waals surface area contributed by atoms with Gasteiger partial charge in [-0.2, -0.15) is 0 Å². The number of aliphatic carboxylic acids is 1. The number of carboxylic acid groups (broad SMARTS) is 1. The van der Waals surface area contributed by atoms with Crippen molar-refractivity contribution in [1.29, 1.82) is 0 Å². The molecule has 0 bridgehead atoms. The summed E-state index contributed by atoms with van der Waals surface area (Å²) in [6.45, 7) is 9.74. The van der Waals surface area contributed by atoms with Crippen molar-refractivity contribution in [2.24, 2.45) is 5.92 Å². The Labute approximate surface area is 118 Å². The summed E-state index contributed by atoms with van der Waals surface area (Å²) in [5, 5.41) is 11.1. The predicted octanol–water partition coefficient (Wildman–Crippen LogP) is 1.55. The summed E-state index contributed by atoms with van der Waals surface area (Å²) in [6, 6.07) is -0.966. The van der Waals surface area contributed by atoms with Gasteiger partial charge in [-0.25, -0.2) is 14.4 Å². The number of ether oxygens (including phenoxy) is 2. The molecule has 116 valence electrons. The van der Waals surface area contributed by atoms with Crippen molar-refractivity contribution in [3.05, 3.63) is 0 Å². The van der Waals surface area contributed by atoms with E-state index in [0.717, 1.165) is 0 Å². The summed E-state index contributed by atoms with van der Waals surface area (Å²) < 4.78 is 9.80. The number of alkyl carbamates (subject to hydrolysis) is 1. The Bertz CT molecular complexity index is 372. The molecule has 2 atom stereocenters. The molecule has 0 rings (SSSR count). The first kappa shape index (κ1) is 18.2. The van der Waals surface area contributed by atoms with E-state index in [1.807, 2.05) is 0 Å². The second kappa shape index (κ2) is 7.12. The van der Waals surface area contributed by atoms with Gasteiger partial charge >= 0.3 is 18.0 Å². The second-order valence-corrected chi connectivity index (χ2v) is 5.79. The third-order valence-corrected chi connectivity index (χ3v) is 2.23. The largest absolute Gasteiger partial charge is 0.479 e. The highest BCUT2D eigenvalue weighted by molar-refractivity contribution is 5.84. The highest BCUT2D eigenvalue weighted by Gasteiger charge is 2.30. The molecule has 0 aliphatic rings. The number of carbonyl (C=O) groups is 3. The van der Waals surface area contributed by atoms with Crippen LogP contribution in [0.5, 0.6) is 0 Å². The molecule has 0 aliphatic carbocycles. The van der Waals surface area contributed by atoms with E-state index < -0.39 is 35.8 Å². The molecule has 20 heavy (non-hydrogen) atoms. The number of hydrogen-bond acceptors (Lipinski definition) is 5.